The molecule has 6 heteroatoms. The van der Waals surface area contributed by atoms with E-state index in [1.165, 1.54) is 0 Å². The summed E-state index contributed by atoms with van der Waals surface area (Å²) in [6.45, 7) is 0.381. The molecule has 0 aromatic heterocycles. The molecule has 0 spiro atoms. The Labute approximate surface area is 117 Å². The first-order chi connectivity index (χ1) is 9.63. The molecule has 0 bridgehead atoms. The molecule has 1 heterocycles. The minimum absolute atomic E-state index is 0.0729. The summed E-state index contributed by atoms with van der Waals surface area (Å²) in [5.41, 5.74) is 0.903. The third kappa shape index (κ3) is 3.20. The monoisotopic (exact) mass is 278 g/mol. The van der Waals surface area contributed by atoms with Gasteiger partial charge in [-0.2, -0.15) is 0 Å². The summed E-state index contributed by atoms with van der Waals surface area (Å²) in [5, 5.41) is 5.44. The maximum atomic E-state index is 11.9. The Morgan fingerprint density at radius 2 is 2.10 bits per heavy atom. The zero-order chi connectivity index (χ0) is 14.5. The molecule has 108 valence electrons. The van der Waals surface area contributed by atoms with E-state index in [1.807, 2.05) is 12.1 Å². The van der Waals surface area contributed by atoms with Gasteiger partial charge in [0, 0.05) is 13.0 Å². The van der Waals surface area contributed by atoms with E-state index in [4.69, 9.17) is 9.47 Å². The van der Waals surface area contributed by atoms with Gasteiger partial charge in [0.25, 0.3) is 0 Å². The lowest BCUT2D eigenvalue weighted by Crippen LogP contribution is -2.41. The van der Waals surface area contributed by atoms with Gasteiger partial charge in [-0.3, -0.25) is 9.59 Å². The van der Waals surface area contributed by atoms with Crippen LogP contribution in [-0.2, 0) is 16.1 Å². The average molecular weight is 278 g/mol. The number of benzene rings is 1. The van der Waals surface area contributed by atoms with Gasteiger partial charge in [0.15, 0.2) is 11.5 Å². The lowest BCUT2D eigenvalue weighted by molar-refractivity contribution is -0.125. The largest absolute Gasteiger partial charge is 0.493 e. The van der Waals surface area contributed by atoms with Crippen LogP contribution >= 0.6 is 0 Å². The Kier molecular flexibility index (Phi) is 4.45. The van der Waals surface area contributed by atoms with Crippen molar-refractivity contribution in [2.75, 3.05) is 14.2 Å². The number of hydrogen-bond donors (Lipinski definition) is 2. The molecule has 2 N–H and O–H groups in total. The first-order valence-corrected chi connectivity index (χ1v) is 6.42. The Morgan fingerprint density at radius 3 is 2.70 bits per heavy atom. The van der Waals surface area contributed by atoms with E-state index in [9.17, 15) is 9.59 Å². The molecule has 1 saturated heterocycles. The molecule has 0 radical (unpaired) electrons. The third-order valence-electron chi connectivity index (χ3n) is 3.23. The second-order valence-corrected chi connectivity index (χ2v) is 4.57. The summed E-state index contributed by atoms with van der Waals surface area (Å²) in [6, 6.07) is 5.04. The standard InChI is InChI=1S/C14H18N2O4/c1-19-11-5-3-9(7-12(11)20-2)8-15-14(18)10-4-6-13(17)16-10/h3,5,7,10H,4,6,8H2,1-2H3,(H,15,18)(H,16,17). The van der Waals surface area contributed by atoms with Crippen molar-refractivity contribution in [3.63, 3.8) is 0 Å². The zero-order valence-electron chi connectivity index (χ0n) is 11.6. The smallest absolute Gasteiger partial charge is 0.242 e. The van der Waals surface area contributed by atoms with Crippen LogP contribution in [0.4, 0.5) is 0 Å². The SMILES string of the molecule is COc1ccc(CNC(=O)C2CCC(=O)N2)cc1OC. The summed E-state index contributed by atoms with van der Waals surface area (Å²) in [4.78, 5) is 22.9. The molecule has 1 aromatic rings. The first kappa shape index (κ1) is 14.2. The summed E-state index contributed by atoms with van der Waals surface area (Å²) in [6.07, 6.45) is 0.963. The van der Waals surface area contributed by atoms with Crippen molar-refractivity contribution in [1.29, 1.82) is 0 Å². The van der Waals surface area contributed by atoms with Crippen molar-refractivity contribution in [3.05, 3.63) is 23.8 Å². The molecular formula is C14H18N2O4. The number of ether oxygens (including phenoxy) is 2. The predicted molar refractivity (Wildman–Crippen MR) is 72.6 cm³/mol. The molecular weight excluding hydrogens is 260 g/mol. The number of carbonyl (C=O) groups excluding carboxylic acids is 2. The van der Waals surface area contributed by atoms with Crippen LogP contribution < -0.4 is 20.1 Å². The second-order valence-electron chi connectivity index (χ2n) is 4.57. The van der Waals surface area contributed by atoms with Crippen LogP contribution in [0, 0.1) is 0 Å². The normalized spacial score (nSPS) is 17.5. The van der Waals surface area contributed by atoms with E-state index in [0.717, 1.165) is 5.56 Å². The molecule has 20 heavy (non-hydrogen) atoms. The van der Waals surface area contributed by atoms with Gasteiger partial charge in [-0.25, -0.2) is 0 Å². The summed E-state index contributed by atoms with van der Waals surface area (Å²) >= 11 is 0. The Morgan fingerprint density at radius 1 is 1.35 bits per heavy atom. The molecule has 2 rings (SSSR count). The number of methoxy groups -OCH3 is 2. The molecule has 1 fully saturated rings. The van der Waals surface area contributed by atoms with Crippen LogP contribution in [0.15, 0.2) is 18.2 Å². The van der Waals surface area contributed by atoms with Gasteiger partial charge < -0.3 is 20.1 Å². The van der Waals surface area contributed by atoms with Crippen molar-refractivity contribution in [2.45, 2.75) is 25.4 Å². The van der Waals surface area contributed by atoms with E-state index in [0.29, 0.717) is 30.9 Å². The van der Waals surface area contributed by atoms with Crippen molar-refractivity contribution >= 4 is 11.8 Å². The molecule has 1 aliphatic heterocycles. The molecule has 0 saturated carbocycles. The number of nitrogens with one attached hydrogen (secondary N) is 2. The van der Waals surface area contributed by atoms with Crippen LogP contribution in [-0.4, -0.2) is 32.1 Å². The van der Waals surface area contributed by atoms with E-state index >= 15 is 0 Å². The lowest BCUT2D eigenvalue weighted by Gasteiger charge is -2.12. The van der Waals surface area contributed by atoms with Crippen LogP contribution in [0.3, 0.4) is 0 Å². The van der Waals surface area contributed by atoms with Crippen LogP contribution in [0.25, 0.3) is 0 Å². The van der Waals surface area contributed by atoms with Gasteiger partial charge in [-0.05, 0) is 24.1 Å². The van der Waals surface area contributed by atoms with Gasteiger partial charge in [-0.1, -0.05) is 6.07 Å². The highest BCUT2D eigenvalue weighted by molar-refractivity contribution is 5.90. The van der Waals surface area contributed by atoms with Crippen molar-refractivity contribution in [1.82, 2.24) is 10.6 Å². The number of rotatable bonds is 5. The van der Waals surface area contributed by atoms with Crippen LogP contribution in [0.1, 0.15) is 18.4 Å². The van der Waals surface area contributed by atoms with Crippen LogP contribution in [0.2, 0.25) is 0 Å². The van der Waals surface area contributed by atoms with Gasteiger partial charge in [0.1, 0.15) is 6.04 Å². The predicted octanol–water partition coefficient (Wildman–Crippen LogP) is 0.599. The van der Waals surface area contributed by atoms with E-state index < -0.39 is 6.04 Å². The number of hydrogen-bond acceptors (Lipinski definition) is 4. The van der Waals surface area contributed by atoms with E-state index in [1.54, 1.807) is 20.3 Å². The Hall–Kier alpha value is -2.24. The molecule has 0 aliphatic carbocycles. The lowest BCUT2D eigenvalue weighted by atomic mass is 10.1. The Balaban J connectivity index is 1.93. The molecule has 2 amide bonds. The maximum absolute atomic E-state index is 11.9. The van der Waals surface area contributed by atoms with Gasteiger partial charge in [0.2, 0.25) is 11.8 Å². The fourth-order valence-electron chi connectivity index (χ4n) is 2.11. The fraction of sp³-hybridized carbons (Fsp3) is 0.429. The Bertz CT molecular complexity index is 516. The third-order valence-corrected chi connectivity index (χ3v) is 3.23. The topological polar surface area (TPSA) is 76.7 Å². The van der Waals surface area contributed by atoms with E-state index in [-0.39, 0.29) is 11.8 Å². The maximum Gasteiger partial charge on any atom is 0.242 e. The fourth-order valence-corrected chi connectivity index (χ4v) is 2.11. The molecule has 6 nitrogen and oxygen atoms in total. The number of carbonyl (C=O) groups is 2. The number of amides is 2. The average Bonchev–Trinajstić information content (AvgIpc) is 2.91. The van der Waals surface area contributed by atoms with E-state index in [2.05, 4.69) is 10.6 Å². The quantitative estimate of drug-likeness (QED) is 0.827. The molecule has 1 unspecified atom stereocenters. The minimum atomic E-state index is -0.414. The summed E-state index contributed by atoms with van der Waals surface area (Å²) < 4.78 is 10.4. The zero-order valence-corrected chi connectivity index (χ0v) is 11.6. The highest BCUT2D eigenvalue weighted by atomic mass is 16.5. The van der Waals surface area contributed by atoms with Gasteiger partial charge in [0.05, 0.1) is 14.2 Å². The highest BCUT2D eigenvalue weighted by Gasteiger charge is 2.26. The van der Waals surface area contributed by atoms with Gasteiger partial charge >= 0.3 is 0 Å². The minimum Gasteiger partial charge on any atom is -0.493 e. The second kappa shape index (κ2) is 6.27. The van der Waals surface area contributed by atoms with Crippen LogP contribution in [0.5, 0.6) is 11.5 Å². The molecule has 1 aromatic carbocycles. The summed E-state index contributed by atoms with van der Waals surface area (Å²) in [7, 11) is 3.14. The molecule has 1 atom stereocenters. The highest BCUT2D eigenvalue weighted by Crippen LogP contribution is 2.27. The first-order valence-electron chi connectivity index (χ1n) is 6.42. The van der Waals surface area contributed by atoms with Crippen molar-refractivity contribution in [3.8, 4) is 11.5 Å². The van der Waals surface area contributed by atoms with Gasteiger partial charge in [-0.15, -0.1) is 0 Å². The summed E-state index contributed by atoms with van der Waals surface area (Å²) in [5.74, 6) is 1.03. The van der Waals surface area contributed by atoms with Crippen molar-refractivity contribution < 1.29 is 19.1 Å². The van der Waals surface area contributed by atoms with Crippen molar-refractivity contribution in [2.24, 2.45) is 0 Å². The molecule has 1 aliphatic rings.